The Labute approximate surface area is 131 Å². The molecule has 1 N–H and O–H groups in total. The molecule has 0 saturated carbocycles. The lowest BCUT2D eigenvalue weighted by Crippen LogP contribution is -2.61. The summed E-state index contributed by atoms with van der Waals surface area (Å²) in [5, 5.41) is 3.28. The topological polar surface area (TPSA) is 49.4 Å². The van der Waals surface area contributed by atoms with E-state index in [9.17, 15) is 9.59 Å². The van der Waals surface area contributed by atoms with E-state index >= 15 is 0 Å². The summed E-state index contributed by atoms with van der Waals surface area (Å²) in [5.74, 6) is -0.178. The maximum absolute atomic E-state index is 12.3. The number of halogens is 2. The molecule has 108 valence electrons. The molecule has 1 aromatic carbocycles. The third-order valence-corrected chi connectivity index (χ3v) is 4.28. The van der Waals surface area contributed by atoms with Gasteiger partial charge in [-0.25, -0.2) is 0 Å². The van der Waals surface area contributed by atoms with E-state index in [0.717, 1.165) is 10.0 Å². The average Bonchev–Trinajstić information content (AvgIpc) is 2.38. The molecule has 20 heavy (non-hydrogen) atoms. The van der Waals surface area contributed by atoms with Crippen LogP contribution >= 0.6 is 27.5 Å². The van der Waals surface area contributed by atoms with Gasteiger partial charge in [0.2, 0.25) is 11.8 Å². The molecule has 1 fully saturated rings. The fourth-order valence-electron chi connectivity index (χ4n) is 2.34. The zero-order valence-corrected chi connectivity index (χ0v) is 13.7. The van der Waals surface area contributed by atoms with Crippen LogP contribution in [0.15, 0.2) is 22.7 Å². The third-order valence-electron chi connectivity index (χ3n) is 3.43. The summed E-state index contributed by atoms with van der Waals surface area (Å²) in [6.07, 6.45) is 0.582. The molecule has 2 amide bonds. The van der Waals surface area contributed by atoms with Gasteiger partial charge in [-0.05, 0) is 31.0 Å². The van der Waals surface area contributed by atoms with Crippen LogP contribution in [0.3, 0.4) is 0 Å². The number of nitrogens with one attached hydrogen (secondary N) is 1. The first-order chi connectivity index (χ1) is 9.43. The Balaban J connectivity index is 2.28. The number of hydrogen-bond acceptors (Lipinski definition) is 2. The highest BCUT2D eigenvalue weighted by Gasteiger charge is 2.37. The van der Waals surface area contributed by atoms with Crippen LogP contribution in [0.4, 0.5) is 0 Å². The van der Waals surface area contributed by atoms with Gasteiger partial charge in [0.05, 0.1) is 0 Å². The molecule has 4 nitrogen and oxygen atoms in total. The lowest BCUT2D eigenvalue weighted by molar-refractivity contribution is -0.149. The second-order valence-electron chi connectivity index (χ2n) is 4.86. The number of rotatable bonds is 3. The molecule has 2 rings (SSSR count). The number of amides is 2. The molecular formula is C14H16BrClN2O2. The van der Waals surface area contributed by atoms with Crippen LogP contribution in [-0.2, 0) is 16.1 Å². The predicted octanol–water partition coefficient (Wildman–Crippen LogP) is 2.73. The molecule has 1 saturated heterocycles. The van der Waals surface area contributed by atoms with Crippen LogP contribution < -0.4 is 5.32 Å². The van der Waals surface area contributed by atoms with Gasteiger partial charge >= 0.3 is 0 Å². The minimum absolute atomic E-state index is 0.0737. The van der Waals surface area contributed by atoms with Gasteiger partial charge in [-0.15, -0.1) is 0 Å². The minimum Gasteiger partial charge on any atom is -0.343 e. The lowest BCUT2D eigenvalue weighted by Gasteiger charge is -2.37. The van der Waals surface area contributed by atoms with Crippen molar-refractivity contribution in [2.75, 3.05) is 0 Å². The molecule has 0 aromatic heterocycles. The Kier molecular flexibility index (Phi) is 4.70. The zero-order chi connectivity index (χ0) is 14.9. The first kappa shape index (κ1) is 15.3. The third kappa shape index (κ3) is 2.99. The Morgan fingerprint density at radius 1 is 1.40 bits per heavy atom. The quantitative estimate of drug-likeness (QED) is 0.902. The Morgan fingerprint density at radius 3 is 2.70 bits per heavy atom. The van der Waals surface area contributed by atoms with Crippen molar-refractivity contribution in [1.82, 2.24) is 10.2 Å². The summed E-state index contributed by atoms with van der Waals surface area (Å²) in [6, 6.07) is 4.61. The first-order valence-corrected chi connectivity index (χ1v) is 7.66. The highest BCUT2D eigenvalue weighted by Crippen LogP contribution is 2.25. The van der Waals surface area contributed by atoms with Gasteiger partial charge in [-0.3, -0.25) is 9.59 Å². The first-order valence-electron chi connectivity index (χ1n) is 6.48. The van der Waals surface area contributed by atoms with Crippen molar-refractivity contribution >= 4 is 39.3 Å². The molecule has 2 unspecified atom stereocenters. The van der Waals surface area contributed by atoms with Crippen molar-refractivity contribution in [3.05, 3.63) is 33.3 Å². The Morgan fingerprint density at radius 2 is 2.10 bits per heavy atom. The van der Waals surface area contributed by atoms with E-state index in [1.54, 1.807) is 17.9 Å². The number of piperazine rings is 1. The van der Waals surface area contributed by atoms with Crippen molar-refractivity contribution in [3.63, 3.8) is 0 Å². The molecule has 1 heterocycles. The van der Waals surface area contributed by atoms with E-state index in [2.05, 4.69) is 21.2 Å². The average molecular weight is 360 g/mol. The van der Waals surface area contributed by atoms with Gasteiger partial charge in [-0.2, -0.15) is 0 Å². The van der Waals surface area contributed by atoms with Gasteiger partial charge in [0, 0.05) is 16.0 Å². The highest BCUT2D eigenvalue weighted by atomic mass is 79.9. The monoisotopic (exact) mass is 358 g/mol. The molecule has 1 aliphatic heterocycles. The van der Waals surface area contributed by atoms with Crippen molar-refractivity contribution in [1.29, 1.82) is 0 Å². The van der Waals surface area contributed by atoms with E-state index in [0.29, 0.717) is 18.0 Å². The van der Waals surface area contributed by atoms with E-state index in [1.165, 1.54) is 0 Å². The Bertz CT molecular complexity index is 550. The highest BCUT2D eigenvalue weighted by molar-refractivity contribution is 9.10. The van der Waals surface area contributed by atoms with Crippen LogP contribution in [0.5, 0.6) is 0 Å². The van der Waals surface area contributed by atoms with Gasteiger partial charge in [0.25, 0.3) is 0 Å². The SMILES string of the molecule is CCC1C(=O)NC(C)C(=O)N1Cc1ccc(Br)cc1Cl. The summed E-state index contributed by atoms with van der Waals surface area (Å²) in [5.41, 5.74) is 0.837. The second kappa shape index (κ2) is 6.14. The van der Waals surface area contributed by atoms with Crippen molar-refractivity contribution in [3.8, 4) is 0 Å². The summed E-state index contributed by atoms with van der Waals surface area (Å²) in [6.45, 7) is 3.94. The fourth-order valence-corrected chi connectivity index (χ4v) is 3.08. The molecule has 0 spiro atoms. The minimum atomic E-state index is -0.487. The van der Waals surface area contributed by atoms with E-state index in [1.807, 2.05) is 19.1 Å². The molecule has 2 atom stereocenters. The van der Waals surface area contributed by atoms with E-state index < -0.39 is 12.1 Å². The molecule has 0 radical (unpaired) electrons. The Hall–Kier alpha value is -1.07. The van der Waals surface area contributed by atoms with Crippen LogP contribution in [0, 0.1) is 0 Å². The van der Waals surface area contributed by atoms with Gasteiger partial charge in [0.1, 0.15) is 12.1 Å². The number of carbonyl (C=O) groups is 2. The number of nitrogens with zero attached hydrogens (tertiary/aromatic N) is 1. The lowest BCUT2D eigenvalue weighted by atomic mass is 10.0. The van der Waals surface area contributed by atoms with Crippen molar-refractivity contribution in [2.45, 2.75) is 38.9 Å². The number of hydrogen-bond donors (Lipinski definition) is 1. The largest absolute Gasteiger partial charge is 0.343 e. The number of carbonyl (C=O) groups excluding carboxylic acids is 2. The van der Waals surface area contributed by atoms with Crippen LogP contribution in [0.1, 0.15) is 25.8 Å². The normalized spacial score (nSPS) is 22.9. The summed E-state index contributed by atoms with van der Waals surface area (Å²) in [4.78, 5) is 25.9. The maximum atomic E-state index is 12.3. The van der Waals surface area contributed by atoms with Gasteiger partial charge in [-0.1, -0.05) is 40.5 Å². The van der Waals surface area contributed by atoms with E-state index in [-0.39, 0.29) is 11.8 Å². The molecule has 6 heteroatoms. The van der Waals surface area contributed by atoms with Gasteiger partial charge in [0.15, 0.2) is 0 Å². The molecule has 0 bridgehead atoms. The maximum Gasteiger partial charge on any atom is 0.245 e. The van der Waals surface area contributed by atoms with E-state index in [4.69, 9.17) is 11.6 Å². The smallest absolute Gasteiger partial charge is 0.245 e. The summed E-state index contributed by atoms with van der Waals surface area (Å²) < 4.78 is 0.884. The van der Waals surface area contributed by atoms with Crippen LogP contribution in [0.25, 0.3) is 0 Å². The van der Waals surface area contributed by atoms with Gasteiger partial charge < -0.3 is 10.2 Å². The van der Waals surface area contributed by atoms with Crippen molar-refractivity contribution in [2.24, 2.45) is 0 Å². The molecule has 1 aromatic rings. The van der Waals surface area contributed by atoms with Crippen molar-refractivity contribution < 1.29 is 9.59 Å². The second-order valence-corrected chi connectivity index (χ2v) is 6.18. The zero-order valence-electron chi connectivity index (χ0n) is 11.3. The standard InChI is InChI=1S/C14H16BrClN2O2/c1-3-12-13(19)17-8(2)14(20)18(12)7-9-4-5-10(15)6-11(9)16/h4-6,8,12H,3,7H2,1-2H3,(H,17,19). The predicted molar refractivity (Wildman–Crippen MR) is 81.4 cm³/mol. The fraction of sp³-hybridized carbons (Fsp3) is 0.429. The summed E-state index contributed by atoms with van der Waals surface area (Å²) >= 11 is 9.54. The number of benzene rings is 1. The summed E-state index contributed by atoms with van der Waals surface area (Å²) in [7, 11) is 0. The van der Waals surface area contributed by atoms with Crippen LogP contribution in [-0.4, -0.2) is 28.8 Å². The van der Waals surface area contributed by atoms with Crippen LogP contribution in [0.2, 0.25) is 5.02 Å². The molecule has 0 aliphatic carbocycles. The molecular weight excluding hydrogens is 344 g/mol. The molecule has 1 aliphatic rings.